The molecule has 10 heteroatoms. The van der Waals surface area contributed by atoms with Gasteiger partial charge in [-0.05, 0) is 91.1 Å². The largest absolute Gasteiger partial charge is 0.493 e. The average molecular weight is 683 g/mol. The molecule has 1 aliphatic carbocycles. The second-order valence-corrected chi connectivity index (χ2v) is 13.3. The fourth-order valence-electron chi connectivity index (χ4n) is 6.80. The monoisotopic (exact) mass is 682 g/mol. The van der Waals surface area contributed by atoms with Crippen LogP contribution in [0.2, 0.25) is 0 Å². The number of fused-ring (bicyclic) bond motifs is 4. The topological polar surface area (TPSA) is 120 Å². The average Bonchev–Trinajstić information content (AvgIpc) is 3.38. The first-order valence-corrected chi connectivity index (χ1v) is 17.5. The molecular weight excluding hydrogens is 632 g/mol. The molecule has 0 unspecified atom stereocenters. The van der Waals surface area contributed by atoms with Crippen LogP contribution in [0.5, 0.6) is 17.2 Å². The van der Waals surface area contributed by atoms with E-state index in [9.17, 15) is 14.4 Å². The predicted molar refractivity (Wildman–Crippen MR) is 200 cm³/mol. The van der Waals surface area contributed by atoms with Crippen LogP contribution in [0.3, 0.4) is 0 Å². The van der Waals surface area contributed by atoms with Crippen molar-refractivity contribution in [2.75, 3.05) is 38.5 Å². The number of benzene rings is 2. The molecule has 1 aliphatic rings. The highest BCUT2D eigenvalue weighted by molar-refractivity contribution is 6.01. The molecule has 0 fully saturated rings. The number of methoxy groups -OCH3 is 3. The number of amides is 2. The molecule has 3 N–H and O–H groups in total. The van der Waals surface area contributed by atoms with Crippen molar-refractivity contribution in [1.29, 1.82) is 0 Å². The summed E-state index contributed by atoms with van der Waals surface area (Å²) in [6.45, 7) is 7.46. The Hall–Kier alpha value is -4.99. The number of rotatable bonds is 15. The number of carbonyl (C=O) groups excluding carboxylic acids is 2. The van der Waals surface area contributed by atoms with E-state index in [0.717, 1.165) is 71.1 Å². The van der Waals surface area contributed by atoms with Crippen molar-refractivity contribution in [2.45, 2.75) is 78.3 Å². The van der Waals surface area contributed by atoms with Crippen LogP contribution in [0.25, 0.3) is 22.0 Å². The Balaban J connectivity index is 1.24. The molecule has 50 heavy (non-hydrogen) atoms. The maximum atomic E-state index is 13.6. The third kappa shape index (κ3) is 8.23. The van der Waals surface area contributed by atoms with Crippen LogP contribution in [0.4, 0.5) is 11.4 Å². The minimum atomic E-state index is -0.368. The maximum Gasteiger partial charge on any atom is 0.224 e. The van der Waals surface area contributed by atoms with Crippen LogP contribution in [0.1, 0.15) is 76.5 Å². The fraction of sp³-hybridized carbons (Fsp3) is 0.425. The summed E-state index contributed by atoms with van der Waals surface area (Å²) in [5.41, 5.74) is 5.56. The van der Waals surface area contributed by atoms with Crippen LogP contribution in [-0.2, 0) is 22.6 Å². The second kappa shape index (κ2) is 16.6. The number of nitrogens with one attached hydrogen (secondary N) is 3. The number of hydrogen-bond donors (Lipinski definition) is 3. The first-order chi connectivity index (χ1) is 24.1. The van der Waals surface area contributed by atoms with Crippen molar-refractivity contribution >= 4 is 34.1 Å². The van der Waals surface area contributed by atoms with E-state index in [1.807, 2.05) is 24.3 Å². The number of aromatic nitrogens is 1. The summed E-state index contributed by atoms with van der Waals surface area (Å²) >= 11 is 0. The molecule has 2 amide bonds. The number of nitrogens with zero attached hydrogens (tertiary/aromatic N) is 1. The van der Waals surface area contributed by atoms with Gasteiger partial charge >= 0.3 is 0 Å². The summed E-state index contributed by atoms with van der Waals surface area (Å²) in [4.78, 5) is 38.6. The van der Waals surface area contributed by atoms with Crippen molar-refractivity contribution in [2.24, 2.45) is 5.92 Å². The molecule has 1 aromatic heterocycles. The first-order valence-electron chi connectivity index (χ1n) is 17.5. The summed E-state index contributed by atoms with van der Waals surface area (Å²) in [5, 5.41) is 10.5. The second-order valence-electron chi connectivity index (χ2n) is 13.3. The molecule has 4 aromatic rings. The number of ether oxygens (including phenoxy) is 3. The SMILES string of the molecule is COc1cc2c(c(OC)c1OC)-c1ccc(NCCCCCC(=O)Nc3cccc4c3ccn4CCC(C)C)c(=O)cc1[C@@H](NC(C)=O)CC2. The minimum absolute atomic E-state index is 0.00231. The van der Waals surface area contributed by atoms with Crippen molar-refractivity contribution in [1.82, 2.24) is 9.88 Å². The molecule has 0 saturated carbocycles. The Morgan fingerprint density at radius 1 is 0.940 bits per heavy atom. The first kappa shape index (κ1) is 36.3. The van der Waals surface area contributed by atoms with Gasteiger partial charge in [0, 0.05) is 43.6 Å². The molecule has 0 aliphatic heterocycles. The van der Waals surface area contributed by atoms with Gasteiger partial charge in [-0.25, -0.2) is 0 Å². The van der Waals surface area contributed by atoms with E-state index in [1.165, 1.54) is 6.92 Å². The summed E-state index contributed by atoms with van der Waals surface area (Å²) in [6, 6.07) is 15.0. The summed E-state index contributed by atoms with van der Waals surface area (Å²) in [6.07, 6.45) is 7.21. The minimum Gasteiger partial charge on any atom is -0.493 e. The van der Waals surface area contributed by atoms with Crippen LogP contribution < -0.4 is 35.6 Å². The van der Waals surface area contributed by atoms with E-state index in [4.69, 9.17) is 14.2 Å². The van der Waals surface area contributed by atoms with Crippen molar-refractivity contribution < 1.29 is 23.8 Å². The molecule has 0 bridgehead atoms. The molecule has 0 radical (unpaired) electrons. The van der Waals surface area contributed by atoms with E-state index in [2.05, 4.69) is 52.7 Å². The quantitative estimate of drug-likeness (QED) is 0.111. The third-order valence-electron chi connectivity index (χ3n) is 9.35. The zero-order valence-electron chi connectivity index (χ0n) is 30.1. The van der Waals surface area contributed by atoms with Crippen LogP contribution in [0, 0.1) is 5.92 Å². The maximum absolute atomic E-state index is 13.6. The number of aryl methyl sites for hydroxylation is 2. The van der Waals surface area contributed by atoms with Gasteiger partial charge in [-0.3, -0.25) is 14.4 Å². The van der Waals surface area contributed by atoms with Gasteiger partial charge in [-0.15, -0.1) is 0 Å². The van der Waals surface area contributed by atoms with Crippen molar-refractivity contribution in [3.05, 3.63) is 76.1 Å². The fourth-order valence-corrected chi connectivity index (χ4v) is 6.80. The van der Waals surface area contributed by atoms with E-state index < -0.39 is 0 Å². The zero-order chi connectivity index (χ0) is 35.8. The van der Waals surface area contributed by atoms with Crippen molar-refractivity contribution in [3.63, 3.8) is 0 Å². The molecule has 266 valence electrons. The zero-order valence-corrected chi connectivity index (χ0v) is 30.1. The van der Waals surface area contributed by atoms with E-state index in [-0.39, 0.29) is 23.3 Å². The molecule has 3 aromatic carbocycles. The third-order valence-corrected chi connectivity index (χ3v) is 9.35. The smallest absolute Gasteiger partial charge is 0.224 e. The van der Waals surface area contributed by atoms with Crippen molar-refractivity contribution in [3.8, 4) is 28.4 Å². The van der Waals surface area contributed by atoms with Crippen LogP contribution in [-0.4, -0.2) is 44.3 Å². The molecule has 1 heterocycles. The van der Waals surface area contributed by atoms with E-state index in [1.54, 1.807) is 33.5 Å². The Labute approximate surface area is 294 Å². The number of anilines is 2. The van der Waals surface area contributed by atoms with Gasteiger partial charge in [0.15, 0.2) is 11.5 Å². The Bertz CT molecular complexity index is 1900. The van der Waals surface area contributed by atoms with Crippen LogP contribution >= 0.6 is 0 Å². The lowest BCUT2D eigenvalue weighted by molar-refractivity contribution is -0.119. The molecule has 10 nitrogen and oxygen atoms in total. The standard InChI is InChI=1S/C40H50N4O6/c1-25(2)18-21-44-22-19-29-31(11-10-12-34(29)44)43-37(47)13-8-7-9-20-41-33-17-15-28-30(24-35(33)46)32(42-26(3)45)16-14-27-23-36(48-4)39(49-5)40(50-6)38(27)28/h10-12,15,17,19,22-25,32H,7-9,13-14,16,18,20-21H2,1-6H3,(H,41,46)(H,42,45)(H,43,47)/t32-/m0/s1. The summed E-state index contributed by atoms with van der Waals surface area (Å²) < 4.78 is 19.4. The van der Waals surface area contributed by atoms with Gasteiger partial charge in [-0.1, -0.05) is 32.4 Å². The Morgan fingerprint density at radius 3 is 2.46 bits per heavy atom. The highest BCUT2D eigenvalue weighted by Gasteiger charge is 2.29. The molecule has 5 rings (SSSR count). The Morgan fingerprint density at radius 2 is 1.74 bits per heavy atom. The van der Waals surface area contributed by atoms with E-state index >= 15 is 0 Å². The summed E-state index contributed by atoms with van der Waals surface area (Å²) in [7, 11) is 4.73. The number of carbonyl (C=O) groups is 2. The Kier molecular flexibility index (Phi) is 12.1. The van der Waals surface area contributed by atoms with Gasteiger partial charge in [0.2, 0.25) is 23.0 Å². The number of unbranched alkanes of at least 4 members (excludes halogenated alkanes) is 2. The highest BCUT2D eigenvalue weighted by atomic mass is 16.5. The molecule has 0 spiro atoms. The lowest BCUT2D eigenvalue weighted by atomic mass is 9.95. The lowest BCUT2D eigenvalue weighted by Gasteiger charge is -2.19. The van der Waals surface area contributed by atoms with Gasteiger partial charge < -0.3 is 34.7 Å². The molecule has 0 saturated heterocycles. The van der Waals surface area contributed by atoms with Crippen LogP contribution in [0.15, 0.2) is 59.5 Å². The normalized spacial score (nSPS) is 13.6. The summed E-state index contributed by atoms with van der Waals surface area (Å²) in [5.74, 6) is 1.98. The number of hydrogen-bond acceptors (Lipinski definition) is 7. The molecule has 1 atom stereocenters. The molecular formula is C40H50N4O6. The van der Waals surface area contributed by atoms with Gasteiger partial charge in [0.05, 0.1) is 44.3 Å². The predicted octanol–water partition coefficient (Wildman–Crippen LogP) is 7.47. The lowest BCUT2D eigenvalue weighted by Crippen LogP contribution is -2.26. The van der Waals surface area contributed by atoms with Gasteiger partial charge in [0.25, 0.3) is 0 Å². The van der Waals surface area contributed by atoms with Gasteiger partial charge in [0.1, 0.15) is 0 Å². The van der Waals surface area contributed by atoms with Gasteiger partial charge in [-0.2, -0.15) is 0 Å². The highest BCUT2D eigenvalue weighted by Crippen LogP contribution is 2.50. The van der Waals surface area contributed by atoms with E-state index in [0.29, 0.717) is 54.7 Å².